The lowest BCUT2D eigenvalue weighted by Crippen LogP contribution is -2.17. The zero-order valence-electron chi connectivity index (χ0n) is 9.82. The second-order valence-electron chi connectivity index (χ2n) is 3.51. The largest absolute Gasteiger partial charge is 0.433 e. The molecule has 1 fully saturated rings. The van der Waals surface area contributed by atoms with E-state index in [1.54, 1.807) is 0 Å². The highest BCUT2D eigenvalue weighted by molar-refractivity contribution is 8.18. The molecule has 20 heavy (non-hydrogen) atoms. The van der Waals surface area contributed by atoms with E-state index >= 15 is 0 Å². The Hall–Kier alpha value is -1.55. The number of halogens is 3. The molecule has 0 radical (unpaired) electrons. The fraction of sp³-hybridized carbons (Fsp3) is 0.200. The first-order chi connectivity index (χ1) is 9.29. The highest BCUT2D eigenvalue weighted by Crippen LogP contribution is 2.31. The molecule has 0 unspecified atom stereocenters. The van der Waals surface area contributed by atoms with Crippen LogP contribution in [-0.2, 0) is 11.0 Å². The van der Waals surface area contributed by atoms with Gasteiger partial charge in [-0.2, -0.15) is 13.2 Å². The standard InChI is InChI=1S/C10H6F3N3O2S2/c1-19-8-14-4(3-6(15-8)10(11,12)13)2-5-7(17)16-9(18)20-5/h2-3H,1H3,(H,16,17,18)/b5-2-. The number of hydrogen-bond donors (Lipinski definition) is 1. The summed E-state index contributed by atoms with van der Waals surface area (Å²) in [6.45, 7) is 0. The average molecular weight is 321 g/mol. The zero-order valence-corrected chi connectivity index (χ0v) is 11.4. The first-order valence-electron chi connectivity index (χ1n) is 5.04. The van der Waals surface area contributed by atoms with Crippen LogP contribution in [0.25, 0.3) is 6.08 Å². The van der Waals surface area contributed by atoms with Crippen LogP contribution in [0.2, 0.25) is 0 Å². The highest BCUT2D eigenvalue weighted by atomic mass is 32.2. The third-order valence-corrected chi connectivity index (χ3v) is 3.48. The smallest absolute Gasteiger partial charge is 0.282 e. The SMILES string of the molecule is CSc1nc(/C=C2\SC(=O)NC2=O)cc(C(F)(F)F)n1. The third-order valence-electron chi connectivity index (χ3n) is 2.12. The second kappa shape index (κ2) is 5.44. The summed E-state index contributed by atoms with van der Waals surface area (Å²) in [4.78, 5) is 29.5. The van der Waals surface area contributed by atoms with Crippen molar-refractivity contribution in [3.63, 3.8) is 0 Å². The average Bonchev–Trinajstić information content (AvgIpc) is 2.66. The van der Waals surface area contributed by atoms with E-state index in [1.165, 1.54) is 6.26 Å². The number of carbonyl (C=O) groups is 2. The van der Waals surface area contributed by atoms with E-state index in [0.717, 1.165) is 23.9 Å². The Kier molecular flexibility index (Phi) is 4.04. The molecule has 2 amide bonds. The van der Waals surface area contributed by atoms with Crippen molar-refractivity contribution in [1.29, 1.82) is 0 Å². The molecule has 5 nitrogen and oxygen atoms in total. The Morgan fingerprint density at radius 3 is 2.55 bits per heavy atom. The molecule has 0 saturated carbocycles. The summed E-state index contributed by atoms with van der Waals surface area (Å²) in [5, 5.41) is 1.37. The van der Waals surface area contributed by atoms with E-state index < -0.39 is 23.0 Å². The monoisotopic (exact) mass is 321 g/mol. The number of imide groups is 1. The van der Waals surface area contributed by atoms with Gasteiger partial charge >= 0.3 is 6.18 Å². The summed E-state index contributed by atoms with van der Waals surface area (Å²) in [7, 11) is 0. The van der Waals surface area contributed by atoms with Crippen LogP contribution in [0.5, 0.6) is 0 Å². The quantitative estimate of drug-likeness (QED) is 0.513. The van der Waals surface area contributed by atoms with Crippen molar-refractivity contribution in [1.82, 2.24) is 15.3 Å². The zero-order chi connectivity index (χ0) is 14.9. The van der Waals surface area contributed by atoms with Gasteiger partial charge in [-0.25, -0.2) is 9.97 Å². The minimum atomic E-state index is -4.61. The van der Waals surface area contributed by atoms with Gasteiger partial charge in [0.1, 0.15) is 5.69 Å². The van der Waals surface area contributed by atoms with Crippen molar-refractivity contribution < 1.29 is 22.8 Å². The molecule has 1 aromatic rings. The molecule has 1 aliphatic rings. The van der Waals surface area contributed by atoms with Crippen LogP contribution in [0, 0.1) is 0 Å². The molecule has 1 N–H and O–H groups in total. The number of hydrogen-bond acceptors (Lipinski definition) is 6. The van der Waals surface area contributed by atoms with Crippen LogP contribution >= 0.6 is 23.5 Å². The van der Waals surface area contributed by atoms with E-state index in [4.69, 9.17) is 0 Å². The topological polar surface area (TPSA) is 72.0 Å². The van der Waals surface area contributed by atoms with E-state index in [0.29, 0.717) is 11.8 Å². The lowest BCUT2D eigenvalue weighted by atomic mass is 10.3. The van der Waals surface area contributed by atoms with E-state index in [1.807, 2.05) is 5.32 Å². The van der Waals surface area contributed by atoms with Crippen LogP contribution < -0.4 is 5.32 Å². The van der Waals surface area contributed by atoms with Gasteiger partial charge in [0.15, 0.2) is 5.16 Å². The molecule has 10 heteroatoms. The molecule has 2 heterocycles. The number of carbonyl (C=O) groups excluding carboxylic acids is 2. The van der Waals surface area contributed by atoms with Gasteiger partial charge in [0, 0.05) is 0 Å². The lowest BCUT2D eigenvalue weighted by Gasteiger charge is -2.07. The molecule has 1 saturated heterocycles. The molecule has 0 aliphatic carbocycles. The maximum atomic E-state index is 12.7. The summed E-state index contributed by atoms with van der Waals surface area (Å²) in [6.07, 6.45) is -1.95. The maximum Gasteiger partial charge on any atom is 0.433 e. The van der Waals surface area contributed by atoms with Gasteiger partial charge in [-0.3, -0.25) is 14.9 Å². The highest BCUT2D eigenvalue weighted by Gasteiger charge is 2.34. The van der Waals surface area contributed by atoms with Crippen LogP contribution in [-0.4, -0.2) is 27.4 Å². The van der Waals surface area contributed by atoms with Crippen molar-refractivity contribution in [2.45, 2.75) is 11.3 Å². The Balaban J connectivity index is 2.44. The first kappa shape index (κ1) is 14.9. The van der Waals surface area contributed by atoms with Crippen LogP contribution in [0.4, 0.5) is 18.0 Å². The van der Waals surface area contributed by atoms with Gasteiger partial charge in [0.2, 0.25) is 0 Å². The molecule has 1 aromatic heterocycles. The third kappa shape index (κ3) is 3.31. The summed E-state index contributed by atoms with van der Waals surface area (Å²) in [5.74, 6) is -0.655. The molecular weight excluding hydrogens is 315 g/mol. The number of rotatable bonds is 2. The summed E-state index contributed by atoms with van der Waals surface area (Å²) in [6, 6.07) is 0.726. The van der Waals surface area contributed by atoms with E-state index in [-0.39, 0.29) is 15.8 Å². The lowest BCUT2D eigenvalue weighted by molar-refractivity contribution is -0.141. The van der Waals surface area contributed by atoms with Crippen molar-refractivity contribution in [2.75, 3.05) is 6.26 Å². The van der Waals surface area contributed by atoms with Crippen molar-refractivity contribution in [3.8, 4) is 0 Å². The molecule has 0 atom stereocenters. The summed E-state index contributed by atoms with van der Waals surface area (Å²) < 4.78 is 38.0. The van der Waals surface area contributed by atoms with Crippen molar-refractivity contribution >= 4 is 40.7 Å². The molecule has 0 spiro atoms. The van der Waals surface area contributed by atoms with E-state index in [9.17, 15) is 22.8 Å². The minimum absolute atomic E-state index is 0.00567. The van der Waals surface area contributed by atoms with Crippen LogP contribution in [0.1, 0.15) is 11.4 Å². The van der Waals surface area contributed by atoms with Crippen LogP contribution in [0.3, 0.4) is 0 Å². The number of nitrogens with one attached hydrogen (secondary N) is 1. The first-order valence-corrected chi connectivity index (χ1v) is 7.09. The molecule has 2 rings (SSSR count). The second-order valence-corrected chi connectivity index (χ2v) is 5.30. The van der Waals surface area contributed by atoms with Gasteiger partial charge in [0.05, 0.1) is 10.6 Å². The summed E-state index contributed by atoms with van der Waals surface area (Å²) >= 11 is 1.56. The van der Waals surface area contributed by atoms with Gasteiger partial charge < -0.3 is 0 Å². The van der Waals surface area contributed by atoms with Crippen LogP contribution in [0.15, 0.2) is 16.1 Å². The predicted molar refractivity (Wildman–Crippen MR) is 67.9 cm³/mol. The predicted octanol–water partition coefficient (Wildman–Crippen LogP) is 2.54. The van der Waals surface area contributed by atoms with Gasteiger partial charge in [-0.1, -0.05) is 11.8 Å². The molecular formula is C10H6F3N3O2S2. The van der Waals surface area contributed by atoms with Crippen molar-refractivity contribution in [2.24, 2.45) is 0 Å². The number of nitrogens with zero attached hydrogens (tertiary/aromatic N) is 2. The number of alkyl halides is 3. The Labute approximate surface area is 119 Å². The van der Waals surface area contributed by atoms with Crippen molar-refractivity contribution in [3.05, 3.63) is 22.4 Å². The number of thioether (sulfide) groups is 2. The molecule has 106 valence electrons. The van der Waals surface area contributed by atoms with E-state index in [2.05, 4.69) is 9.97 Å². The molecule has 1 aliphatic heterocycles. The molecule has 0 aromatic carbocycles. The Morgan fingerprint density at radius 2 is 2.05 bits per heavy atom. The number of aromatic nitrogens is 2. The fourth-order valence-corrected chi connectivity index (χ4v) is 2.36. The normalized spacial score (nSPS) is 17.7. The van der Waals surface area contributed by atoms with Gasteiger partial charge in [-0.05, 0) is 30.2 Å². The minimum Gasteiger partial charge on any atom is -0.282 e. The Morgan fingerprint density at radius 1 is 1.35 bits per heavy atom. The maximum absolute atomic E-state index is 12.7. The Bertz CT molecular complexity index is 616. The summed E-state index contributed by atoms with van der Waals surface area (Å²) in [5.41, 5.74) is -1.18. The fourth-order valence-electron chi connectivity index (χ4n) is 1.31. The number of amides is 2. The molecule has 0 bridgehead atoms. The van der Waals surface area contributed by atoms with Gasteiger partial charge in [0.25, 0.3) is 11.1 Å². The van der Waals surface area contributed by atoms with Gasteiger partial charge in [-0.15, -0.1) is 0 Å².